The number of rotatable bonds is 7. The van der Waals surface area contributed by atoms with Crippen LogP contribution in [0.3, 0.4) is 0 Å². The van der Waals surface area contributed by atoms with Gasteiger partial charge in [0.1, 0.15) is 29.8 Å². The largest absolute Gasteiger partial charge is 0.489 e. The Labute approximate surface area is 324 Å². The highest BCUT2D eigenvalue weighted by Crippen LogP contribution is 2.56. The van der Waals surface area contributed by atoms with Gasteiger partial charge in [-0.25, -0.2) is 4.39 Å². The van der Waals surface area contributed by atoms with Crippen molar-refractivity contribution >= 4 is 35.2 Å². The molecule has 290 valence electrons. The highest BCUT2D eigenvalue weighted by Gasteiger charge is 2.64. The van der Waals surface area contributed by atoms with Crippen LogP contribution in [0.4, 0.5) is 10.1 Å². The minimum absolute atomic E-state index is 0.0236. The lowest BCUT2D eigenvalue weighted by Gasteiger charge is -2.63. The summed E-state index contributed by atoms with van der Waals surface area (Å²) >= 11 is 0. The normalized spacial score (nSPS) is 24.3. The summed E-state index contributed by atoms with van der Waals surface area (Å²) in [7, 11) is 0. The first-order chi connectivity index (χ1) is 26.6. The molecule has 1 unspecified atom stereocenters. The molecule has 13 heteroatoms. The first kappa shape index (κ1) is 37.3. The average Bonchev–Trinajstić information content (AvgIpc) is 3.70. The highest BCUT2D eigenvalue weighted by atomic mass is 19.1. The number of anilines is 1. The first-order valence-corrected chi connectivity index (χ1v) is 19.2. The van der Waals surface area contributed by atoms with Crippen molar-refractivity contribution in [3.8, 4) is 11.8 Å². The lowest BCUT2D eigenvalue weighted by Crippen LogP contribution is -2.74. The van der Waals surface area contributed by atoms with E-state index in [9.17, 15) is 33.6 Å². The number of nitrogens with one attached hydrogen (secondary N) is 2. The molecule has 3 aromatic rings. The number of carbonyl (C=O) groups is 5. The predicted octanol–water partition coefficient (Wildman–Crippen LogP) is 5.00. The van der Waals surface area contributed by atoms with Gasteiger partial charge in [0, 0.05) is 72.3 Å². The Morgan fingerprint density at radius 1 is 0.911 bits per heavy atom. The Morgan fingerprint density at radius 3 is 2.09 bits per heavy atom. The molecule has 4 heterocycles. The number of hydrogen-bond acceptors (Lipinski definition) is 9. The molecule has 1 atom stereocenters. The van der Waals surface area contributed by atoms with Crippen molar-refractivity contribution in [1.29, 1.82) is 5.26 Å². The Kier molecular flexibility index (Phi) is 9.03. The van der Waals surface area contributed by atoms with Gasteiger partial charge >= 0.3 is 0 Å². The van der Waals surface area contributed by atoms with Crippen molar-refractivity contribution in [3.05, 3.63) is 93.3 Å². The van der Waals surface area contributed by atoms with E-state index in [1.54, 1.807) is 13.0 Å². The fraction of sp³-hybridized carbons (Fsp3) is 0.442. The summed E-state index contributed by atoms with van der Waals surface area (Å²) in [5, 5.41) is 14.7. The number of nitrogens with zero attached hydrogens (tertiary/aromatic N) is 4. The monoisotopic (exact) mass is 760 g/mol. The number of benzene rings is 3. The van der Waals surface area contributed by atoms with Crippen LogP contribution in [0.2, 0.25) is 0 Å². The molecular weight excluding hydrogens is 716 g/mol. The maximum Gasteiger partial charge on any atom is 0.262 e. The molecule has 0 aromatic heterocycles. The minimum Gasteiger partial charge on any atom is -0.489 e. The van der Waals surface area contributed by atoms with E-state index in [-0.39, 0.29) is 42.0 Å². The number of fused-ring (bicyclic) bond motifs is 2. The van der Waals surface area contributed by atoms with E-state index in [1.165, 1.54) is 6.07 Å². The number of ether oxygens (including phenoxy) is 1. The van der Waals surface area contributed by atoms with Crippen molar-refractivity contribution in [3.63, 3.8) is 0 Å². The quantitative estimate of drug-likeness (QED) is 0.317. The van der Waals surface area contributed by atoms with Crippen molar-refractivity contribution in [1.82, 2.24) is 20.4 Å². The summed E-state index contributed by atoms with van der Waals surface area (Å²) < 4.78 is 21.0. The Morgan fingerprint density at radius 2 is 1.52 bits per heavy atom. The SMILES string of the molecule is Cc1c(O[C@H]2C(C)(C)[C@H](NC(=O)c3ccc(N4CCC(N5Cc6cc7c(cc6C5)C(=O)N(C5CCC(=O)NC5=O)C7=O)CC4)cc3)C2(C)C)ccc(C#N)c1F. The molecular formula is C43H45FN6O6. The van der Waals surface area contributed by atoms with Crippen LogP contribution in [-0.4, -0.2) is 76.7 Å². The van der Waals surface area contributed by atoms with Gasteiger partial charge in [-0.2, -0.15) is 5.26 Å². The molecule has 4 aliphatic heterocycles. The number of nitriles is 1. The van der Waals surface area contributed by atoms with Gasteiger partial charge in [0.25, 0.3) is 17.7 Å². The van der Waals surface area contributed by atoms with Crippen LogP contribution in [0, 0.1) is 34.9 Å². The first-order valence-electron chi connectivity index (χ1n) is 19.2. The Hall–Kier alpha value is -5.61. The lowest BCUT2D eigenvalue weighted by molar-refractivity contribution is -0.164. The van der Waals surface area contributed by atoms with Gasteiger partial charge < -0.3 is 15.0 Å². The van der Waals surface area contributed by atoms with Gasteiger partial charge in [-0.3, -0.25) is 39.1 Å². The third kappa shape index (κ3) is 6.02. The van der Waals surface area contributed by atoms with Gasteiger partial charge in [-0.05, 0) is 85.8 Å². The summed E-state index contributed by atoms with van der Waals surface area (Å²) in [6, 6.07) is 15.4. The van der Waals surface area contributed by atoms with Crippen LogP contribution in [0.1, 0.15) is 107 Å². The smallest absolute Gasteiger partial charge is 0.262 e. The molecule has 5 amide bonds. The third-order valence-electron chi connectivity index (χ3n) is 12.8. The summed E-state index contributed by atoms with van der Waals surface area (Å²) in [4.78, 5) is 70.0. The van der Waals surface area contributed by atoms with E-state index in [2.05, 4.69) is 20.4 Å². The fourth-order valence-electron chi connectivity index (χ4n) is 9.99. The average molecular weight is 761 g/mol. The van der Waals surface area contributed by atoms with Crippen molar-refractivity contribution in [2.24, 2.45) is 10.8 Å². The van der Waals surface area contributed by atoms with Crippen molar-refractivity contribution < 1.29 is 33.1 Å². The van der Waals surface area contributed by atoms with E-state index >= 15 is 0 Å². The Bertz CT molecular complexity index is 2180. The molecule has 1 saturated carbocycles. The van der Waals surface area contributed by atoms with Crippen LogP contribution in [0.15, 0.2) is 48.5 Å². The zero-order valence-corrected chi connectivity index (χ0v) is 32.2. The molecule has 0 bridgehead atoms. The molecule has 0 spiro atoms. The molecule has 5 aliphatic rings. The van der Waals surface area contributed by atoms with Crippen LogP contribution >= 0.6 is 0 Å². The van der Waals surface area contributed by atoms with Gasteiger partial charge in [0.2, 0.25) is 11.8 Å². The zero-order chi connectivity index (χ0) is 39.8. The van der Waals surface area contributed by atoms with Crippen molar-refractivity contribution in [2.45, 2.75) is 97.6 Å². The van der Waals surface area contributed by atoms with E-state index in [0.717, 1.165) is 47.6 Å². The van der Waals surface area contributed by atoms with Gasteiger partial charge in [-0.15, -0.1) is 0 Å². The molecule has 3 aromatic carbocycles. The van der Waals surface area contributed by atoms with E-state index < -0.39 is 46.3 Å². The molecule has 3 fully saturated rings. The van der Waals surface area contributed by atoms with Gasteiger partial charge in [-0.1, -0.05) is 27.7 Å². The molecule has 0 radical (unpaired) electrons. The maximum atomic E-state index is 14.7. The molecule has 8 rings (SSSR count). The third-order valence-corrected chi connectivity index (χ3v) is 12.8. The molecule has 56 heavy (non-hydrogen) atoms. The zero-order valence-electron chi connectivity index (χ0n) is 32.2. The van der Waals surface area contributed by atoms with Crippen molar-refractivity contribution in [2.75, 3.05) is 18.0 Å². The molecule has 2 N–H and O–H groups in total. The summed E-state index contributed by atoms with van der Waals surface area (Å²) in [6.07, 6.45) is 1.77. The fourth-order valence-corrected chi connectivity index (χ4v) is 9.99. The lowest BCUT2D eigenvalue weighted by atomic mass is 9.49. The van der Waals surface area contributed by atoms with Crippen LogP contribution < -0.4 is 20.3 Å². The minimum atomic E-state index is -0.979. The molecule has 2 saturated heterocycles. The Balaban J connectivity index is 0.850. The second-order valence-corrected chi connectivity index (χ2v) is 17.0. The second-order valence-electron chi connectivity index (χ2n) is 17.0. The number of hydrogen-bond donors (Lipinski definition) is 2. The number of imide groups is 2. The summed E-state index contributed by atoms with van der Waals surface area (Å²) in [5.74, 6) is -2.35. The second kappa shape index (κ2) is 13.5. The number of halogens is 1. The summed E-state index contributed by atoms with van der Waals surface area (Å²) in [6.45, 7) is 12.8. The summed E-state index contributed by atoms with van der Waals surface area (Å²) in [5.41, 5.74) is 3.62. The topological polar surface area (TPSA) is 152 Å². The predicted molar refractivity (Wildman–Crippen MR) is 203 cm³/mol. The van der Waals surface area contributed by atoms with E-state index in [0.29, 0.717) is 41.6 Å². The maximum absolute atomic E-state index is 14.7. The number of carbonyl (C=O) groups excluding carboxylic acids is 5. The van der Waals surface area contributed by atoms with Gasteiger partial charge in [0.05, 0.1) is 16.7 Å². The van der Waals surface area contributed by atoms with Crippen LogP contribution in [0.5, 0.6) is 5.75 Å². The van der Waals surface area contributed by atoms with Crippen LogP contribution in [-0.2, 0) is 22.7 Å². The van der Waals surface area contributed by atoms with Crippen LogP contribution in [0.25, 0.3) is 0 Å². The van der Waals surface area contributed by atoms with E-state index in [1.807, 2.05) is 70.2 Å². The standard InChI is InChI=1S/C43H45FN6O6/c1-23-33(12-8-25(20-45)35(23)44)56-41-42(2,3)40(43(41,4)5)47-36(52)24-6-9-28(10-7-24)48-16-14-29(15-17-48)49-21-26-18-30-31(19-27(26)22-49)39(55)50(38(30)54)32-11-13-34(51)46-37(32)53/h6-10,12,18-19,29,32,40-41H,11,13-17,21-22H2,1-5H3,(H,47,52)(H,46,51,53)/t32?,40-,41-. The van der Waals surface area contributed by atoms with E-state index in [4.69, 9.17) is 4.74 Å². The number of piperidine rings is 2. The highest BCUT2D eigenvalue weighted by molar-refractivity contribution is 6.23. The molecule has 12 nitrogen and oxygen atoms in total. The van der Waals surface area contributed by atoms with Gasteiger partial charge in [0.15, 0.2) is 0 Å². The molecule has 1 aliphatic carbocycles. The number of amides is 5.